The lowest BCUT2D eigenvalue weighted by atomic mass is 9.63. The van der Waals surface area contributed by atoms with Gasteiger partial charge in [0.05, 0.1) is 10.7 Å². The van der Waals surface area contributed by atoms with Gasteiger partial charge in [0, 0.05) is 58.9 Å². The van der Waals surface area contributed by atoms with Gasteiger partial charge in [0.1, 0.15) is 5.75 Å². The summed E-state index contributed by atoms with van der Waals surface area (Å²) >= 11 is 12.7. The van der Waals surface area contributed by atoms with E-state index in [0.717, 1.165) is 11.4 Å². The van der Waals surface area contributed by atoms with Crippen molar-refractivity contribution in [3.05, 3.63) is 80.6 Å². The zero-order valence-electron chi connectivity index (χ0n) is 23.5. The smallest absolute Gasteiger partial charge is 0.262 e. The van der Waals surface area contributed by atoms with Gasteiger partial charge >= 0.3 is 0 Å². The van der Waals surface area contributed by atoms with Gasteiger partial charge in [0.15, 0.2) is 18.2 Å². The largest absolute Gasteiger partial charge is 0.483 e. The first kappa shape index (κ1) is 28.4. The Bertz CT molecular complexity index is 1430. The molecule has 1 N–H and O–H groups in total. The Morgan fingerprint density at radius 3 is 2.08 bits per heavy atom. The van der Waals surface area contributed by atoms with E-state index >= 15 is 0 Å². The molecule has 0 atom stereocenters. The number of benzene rings is 2. The molecule has 5 rings (SSSR count). The van der Waals surface area contributed by atoms with Gasteiger partial charge in [0.25, 0.3) is 5.91 Å². The number of ether oxygens (including phenoxy) is 1. The van der Waals surface area contributed by atoms with E-state index in [1.807, 2.05) is 7.05 Å². The quantitative estimate of drug-likeness (QED) is 0.400. The van der Waals surface area contributed by atoms with Crippen LogP contribution >= 0.6 is 23.2 Å². The first-order valence-corrected chi connectivity index (χ1v) is 14.2. The number of anilines is 1. The number of hydrogen-bond acceptors (Lipinski definition) is 5. The van der Waals surface area contributed by atoms with Crippen molar-refractivity contribution >= 4 is 46.4 Å². The summed E-state index contributed by atoms with van der Waals surface area (Å²) < 4.78 is 6.06. The molecule has 0 fully saturated rings. The predicted octanol–water partition coefficient (Wildman–Crippen LogP) is 7.33. The summed E-state index contributed by atoms with van der Waals surface area (Å²) in [5, 5.41) is 3.64. The van der Waals surface area contributed by atoms with Crippen molar-refractivity contribution in [2.24, 2.45) is 10.8 Å². The number of amides is 1. The molecular weight excluding hydrogens is 547 g/mol. The number of allylic oxidation sites excluding steroid dienone is 4. The third-order valence-electron chi connectivity index (χ3n) is 7.97. The van der Waals surface area contributed by atoms with Crippen LogP contribution in [0.15, 0.2) is 65.0 Å². The lowest BCUT2D eigenvalue weighted by molar-refractivity contribution is -0.120. The van der Waals surface area contributed by atoms with Crippen molar-refractivity contribution < 1.29 is 19.1 Å². The Labute approximate surface area is 245 Å². The number of carbonyl (C=O) groups excluding carboxylic acids is 3. The fourth-order valence-electron chi connectivity index (χ4n) is 6.24. The van der Waals surface area contributed by atoms with E-state index in [1.54, 1.807) is 42.5 Å². The molecule has 210 valence electrons. The summed E-state index contributed by atoms with van der Waals surface area (Å²) in [5.41, 5.74) is 3.84. The van der Waals surface area contributed by atoms with Crippen LogP contribution in [0.25, 0.3) is 0 Å². The van der Waals surface area contributed by atoms with Crippen LogP contribution < -0.4 is 10.1 Å². The van der Waals surface area contributed by atoms with E-state index in [-0.39, 0.29) is 34.9 Å². The average molecular weight is 582 g/mol. The molecule has 0 aromatic heterocycles. The normalized spacial score (nSPS) is 20.3. The molecule has 0 radical (unpaired) electrons. The van der Waals surface area contributed by atoms with E-state index in [1.165, 1.54) is 0 Å². The van der Waals surface area contributed by atoms with Gasteiger partial charge < -0.3 is 15.0 Å². The van der Waals surface area contributed by atoms with Crippen LogP contribution in [0.3, 0.4) is 0 Å². The van der Waals surface area contributed by atoms with Gasteiger partial charge in [-0.25, -0.2) is 0 Å². The minimum Gasteiger partial charge on any atom is -0.483 e. The maximum Gasteiger partial charge on any atom is 0.262 e. The van der Waals surface area contributed by atoms with Gasteiger partial charge in [-0.1, -0.05) is 63.0 Å². The second-order valence-electron chi connectivity index (χ2n) is 12.6. The van der Waals surface area contributed by atoms with E-state index in [2.05, 4.69) is 37.9 Å². The van der Waals surface area contributed by atoms with E-state index in [0.29, 0.717) is 63.9 Å². The highest BCUT2D eigenvalue weighted by atomic mass is 35.5. The van der Waals surface area contributed by atoms with Crippen LogP contribution in [-0.4, -0.2) is 36.0 Å². The minimum atomic E-state index is -0.617. The fourth-order valence-corrected chi connectivity index (χ4v) is 6.61. The molecule has 8 heteroatoms. The second-order valence-corrected chi connectivity index (χ2v) is 13.4. The van der Waals surface area contributed by atoms with E-state index < -0.39 is 5.92 Å². The summed E-state index contributed by atoms with van der Waals surface area (Å²) in [6.45, 7) is 8.11. The molecule has 1 heterocycles. The maximum absolute atomic E-state index is 13.8. The Morgan fingerprint density at radius 1 is 0.925 bits per heavy atom. The molecular formula is C32H34Cl2N2O4. The van der Waals surface area contributed by atoms with Crippen LogP contribution in [0.5, 0.6) is 5.75 Å². The monoisotopic (exact) mass is 580 g/mol. The lowest BCUT2D eigenvalue weighted by Gasteiger charge is -2.48. The Hall–Kier alpha value is -3.09. The molecule has 0 bridgehead atoms. The molecule has 40 heavy (non-hydrogen) atoms. The maximum atomic E-state index is 13.8. The lowest BCUT2D eigenvalue weighted by Crippen LogP contribution is -2.43. The number of Topliss-reactive ketones (excluding diaryl/α,β-unsaturated/α-hetero) is 2. The topological polar surface area (TPSA) is 75.7 Å². The Kier molecular flexibility index (Phi) is 7.38. The number of rotatable bonds is 5. The molecule has 0 saturated heterocycles. The summed E-state index contributed by atoms with van der Waals surface area (Å²) in [5.74, 6) is -0.552. The molecule has 1 amide bonds. The number of carbonyl (C=O) groups is 3. The van der Waals surface area contributed by atoms with Crippen molar-refractivity contribution in [3.63, 3.8) is 0 Å². The number of halogens is 2. The molecule has 2 aliphatic carbocycles. The Balaban J connectivity index is 1.58. The highest BCUT2D eigenvalue weighted by molar-refractivity contribution is 6.33. The zero-order chi connectivity index (χ0) is 29.0. The highest BCUT2D eigenvalue weighted by Crippen LogP contribution is 2.55. The molecule has 3 aliphatic rings. The van der Waals surface area contributed by atoms with Gasteiger partial charge in [-0.2, -0.15) is 0 Å². The highest BCUT2D eigenvalue weighted by Gasteiger charge is 2.48. The number of ketones is 2. The van der Waals surface area contributed by atoms with Crippen LogP contribution in [0.1, 0.15) is 64.9 Å². The number of hydrogen-bond donors (Lipinski definition) is 1. The third kappa shape index (κ3) is 5.44. The van der Waals surface area contributed by atoms with Crippen LogP contribution in [0.2, 0.25) is 10.0 Å². The number of nitrogens with one attached hydrogen (secondary N) is 1. The number of nitrogens with zero attached hydrogens (tertiary/aromatic N) is 1. The molecule has 6 nitrogen and oxygen atoms in total. The summed E-state index contributed by atoms with van der Waals surface area (Å²) in [4.78, 5) is 42.5. The van der Waals surface area contributed by atoms with Gasteiger partial charge in [-0.15, -0.1) is 0 Å². The molecule has 2 aromatic carbocycles. The minimum absolute atomic E-state index is 0.0228. The van der Waals surface area contributed by atoms with Crippen molar-refractivity contribution in [1.82, 2.24) is 4.90 Å². The molecule has 2 aromatic rings. The second kappa shape index (κ2) is 10.4. The molecule has 0 unspecified atom stereocenters. The first-order valence-electron chi connectivity index (χ1n) is 13.5. The standard InChI is InChI=1S/C32H34Cl2N2O4/c1-31(2)13-22-29(24(37)15-31)28(30-23(36(22)5)14-32(3,4)16-25(30)38)19-12-18(33)10-11-26(19)40-17-27(39)35-21-9-7-6-8-20(21)34/h6-12,28H,13-17H2,1-5H3,(H,35,39). The van der Waals surface area contributed by atoms with Crippen LogP contribution in [0, 0.1) is 10.8 Å². The van der Waals surface area contributed by atoms with Crippen molar-refractivity contribution in [2.45, 2.75) is 59.3 Å². The van der Waals surface area contributed by atoms with Crippen molar-refractivity contribution in [2.75, 3.05) is 19.0 Å². The van der Waals surface area contributed by atoms with Gasteiger partial charge in [-0.3, -0.25) is 14.4 Å². The molecule has 0 saturated carbocycles. The van der Waals surface area contributed by atoms with Gasteiger partial charge in [-0.05, 0) is 54.0 Å². The fraction of sp³-hybridized carbons (Fsp3) is 0.406. The predicted molar refractivity (Wildman–Crippen MR) is 158 cm³/mol. The molecule has 0 spiro atoms. The van der Waals surface area contributed by atoms with E-state index in [9.17, 15) is 14.4 Å². The summed E-state index contributed by atoms with van der Waals surface area (Å²) in [6, 6.07) is 12.1. The molecule has 1 aliphatic heterocycles. The number of para-hydroxylation sites is 1. The zero-order valence-corrected chi connectivity index (χ0v) is 25.0. The van der Waals surface area contributed by atoms with Crippen LogP contribution in [0.4, 0.5) is 5.69 Å². The summed E-state index contributed by atoms with van der Waals surface area (Å²) in [7, 11) is 1.97. The van der Waals surface area contributed by atoms with E-state index in [4.69, 9.17) is 27.9 Å². The third-order valence-corrected chi connectivity index (χ3v) is 8.53. The van der Waals surface area contributed by atoms with Crippen molar-refractivity contribution in [1.29, 1.82) is 0 Å². The summed E-state index contributed by atoms with van der Waals surface area (Å²) in [6.07, 6.45) is 2.19. The van der Waals surface area contributed by atoms with Gasteiger partial charge in [0.2, 0.25) is 0 Å². The Morgan fingerprint density at radius 2 is 1.50 bits per heavy atom. The van der Waals surface area contributed by atoms with Crippen LogP contribution in [-0.2, 0) is 14.4 Å². The average Bonchev–Trinajstić information content (AvgIpc) is 2.85. The SMILES string of the molecule is CN1C2=C(C(=O)CC(C)(C)C2)C(c2cc(Cl)ccc2OCC(=O)Nc2ccccc2Cl)C2=C1CC(C)(C)CC2=O. The van der Waals surface area contributed by atoms with Crippen molar-refractivity contribution in [3.8, 4) is 5.75 Å². The first-order chi connectivity index (χ1) is 18.8.